The van der Waals surface area contributed by atoms with Crippen LogP contribution in [0.25, 0.3) is 0 Å². The average molecular weight is 236 g/mol. The molecule has 0 atom stereocenters. The Morgan fingerprint density at radius 1 is 1.29 bits per heavy atom. The van der Waals surface area contributed by atoms with E-state index in [4.69, 9.17) is 32.7 Å². The number of nitrogens with zero attached hydrogens (tertiary/aromatic N) is 1. The highest BCUT2D eigenvalue weighted by Gasteiger charge is 2.02. The van der Waals surface area contributed by atoms with Crippen LogP contribution < -0.4 is 0 Å². The third-order valence-electron chi connectivity index (χ3n) is 1.58. The first-order valence-corrected chi connectivity index (χ1v) is 4.87. The number of hydrogen-bond donors (Lipinski definition) is 0. The summed E-state index contributed by atoms with van der Waals surface area (Å²) in [6, 6.07) is 3.48. The molecule has 0 bridgehead atoms. The van der Waals surface area contributed by atoms with Crippen molar-refractivity contribution in [3.05, 3.63) is 28.0 Å². The van der Waals surface area contributed by atoms with Gasteiger partial charge in [-0.05, 0) is 6.07 Å². The molecule has 0 radical (unpaired) electrons. The Kier molecular flexibility index (Phi) is 5.19. The third-order valence-corrected chi connectivity index (χ3v) is 2.12. The Bertz CT molecular complexity index is 294. The first-order valence-electron chi connectivity index (χ1n) is 4.11. The van der Waals surface area contributed by atoms with Gasteiger partial charge in [-0.15, -0.1) is 0 Å². The van der Waals surface area contributed by atoms with Gasteiger partial charge in [-0.25, -0.2) is 4.98 Å². The normalized spacial score (nSPS) is 10.5. The minimum Gasteiger partial charge on any atom is -0.382 e. The molecular formula is C9H11Cl2NO2. The summed E-state index contributed by atoms with van der Waals surface area (Å²) in [4.78, 5) is 3.89. The number of rotatable bonds is 5. The molecule has 0 amide bonds. The van der Waals surface area contributed by atoms with Gasteiger partial charge in [-0.2, -0.15) is 0 Å². The van der Waals surface area contributed by atoms with Gasteiger partial charge in [-0.1, -0.05) is 29.3 Å². The zero-order valence-electron chi connectivity index (χ0n) is 7.80. The summed E-state index contributed by atoms with van der Waals surface area (Å²) in [5, 5.41) is 0.769. The van der Waals surface area contributed by atoms with E-state index in [2.05, 4.69) is 4.98 Å². The van der Waals surface area contributed by atoms with Crippen molar-refractivity contribution in [2.75, 3.05) is 20.3 Å². The number of methoxy groups -OCH3 is 1. The van der Waals surface area contributed by atoms with Gasteiger partial charge in [0.2, 0.25) is 0 Å². The second kappa shape index (κ2) is 6.19. The van der Waals surface area contributed by atoms with E-state index >= 15 is 0 Å². The molecule has 0 saturated carbocycles. The van der Waals surface area contributed by atoms with Crippen LogP contribution in [0.4, 0.5) is 0 Å². The highest BCUT2D eigenvalue weighted by Crippen LogP contribution is 2.17. The molecule has 5 heteroatoms. The number of hydrogen-bond acceptors (Lipinski definition) is 3. The van der Waals surface area contributed by atoms with Gasteiger partial charge >= 0.3 is 0 Å². The quantitative estimate of drug-likeness (QED) is 0.581. The molecule has 0 N–H and O–H groups in total. The van der Waals surface area contributed by atoms with Gasteiger partial charge in [-0.3, -0.25) is 0 Å². The predicted octanol–water partition coefficient (Wildman–Crippen LogP) is 2.55. The van der Waals surface area contributed by atoms with Crippen LogP contribution in [-0.2, 0) is 16.1 Å². The Labute approximate surface area is 92.9 Å². The standard InChI is InChI=1S/C9H11Cl2NO2/c1-13-4-5-14-6-7-2-3-8(10)12-9(7)11/h2-3H,4-6H2,1H3. The van der Waals surface area contributed by atoms with Crippen molar-refractivity contribution in [2.45, 2.75) is 6.61 Å². The molecule has 1 heterocycles. The fraction of sp³-hybridized carbons (Fsp3) is 0.444. The van der Waals surface area contributed by atoms with E-state index in [1.807, 2.05) is 0 Å². The lowest BCUT2D eigenvalue weighted by Gasteiger charge is -2.05. The van der Waals surface area contributed by atoms with Gasteiger partial charge in [0.15, 0.2) is 0 Å². The summed E-state index contributed by atoms with van der Waals surface area (Å²) in [5.41, 5.74) is 0.826. The topological polar surface area (TPSA) is 31.4 Å². The Morgan fingerprint density at radius 3 is 2.71 bits per heavy atom. The fourth-order valence-electron chi connectivity index (χ4n) is 0.873. The zero-order valence-corrected chi connectivity index (χ0v) is 9.31. The third kappa shape index (κ3) is 3.80. The summed E-state index contributed by atoms with van der Waals surface area (Å²) >= 11 is 11.5. The van der Waals surface area contributed by atoms with Crippen LogP contribution in [0.2, 0.25) is 10.3 Å². The van der Waals surface area contributed by atoms with Gasteiger partial charge in [0.25, 0.3) is 0 Å². The maximum atomic E-state index is 5.84. The summed E-state index contributed by atoms with van der Waals surface area (Å²) < 4.78 is 10.1. The lowest BCUT2D eigenvalue weighted by atomic mass is 10.3. The van der Waals surface area contributed by atoms with E-state index in [1.54, 1.807) is 19.2 Å². The number of ether oxygens (including phenoxy) is 2. The van der Waals surface area contributed by atoms with Gasteiger partial charge in [0.1, 0.15) is 10.3 Å². The highest BCUT2D eigenvalue weighted by molar-refractivity contribution is 6.32. The molecule has 14 heavy (non-hydrogen) atoms. The summed E-state index contributed by atoms with van der Waals surface area (Å²) in [6.07, 6.45) is 0. The minimum atomic E-state index is 0.384. The largest absolute Gasteiger partial charge is 0.382 e. The molecule has 3 nitrogen and oxygen atoms in total. The number of aromatic nitrogens is 1. The molecular weight excluding hydrogens is 225 g/mol. The SMILES string of the molecule is COCCOCc1ccc(Cl)nc1Cl. The van der Waals surface area contributed by atoms with Crippen molar-refractivity contribution in [3.8, 4) is 0 Å². The highest BCUT2D eigenvalue weighted by atomic mass is 35.5. The molecule has 78 valence electrons. The molecule has 0 aromatic carbocycles. The van der Waals surface area contributed by atoms with E-state index in [1.165, 1.54) is 0 Å². The molecule has 0 aliphatic carbocycles. The molecule has 1 rings (SSSR count). The molecule has 1 aromatic rings. The van der Waals surface area contributed by atoms with Crippen molar-refractivity contribution in [3.63, 3.8) is 0 Å². The van der Waals surface area contributed by atoms with E-state index in [-0.39, 0.29) is 0 Å². The molecule has 0 saturated heterocycles. The van der Waals surface area contributed by atoms with Gasteiger partial charge < -0.3 is 9.47 Å². The molecule has 0 spiro atoms. The monoisotopic (exact) mass is 235 g/mol. The second-order valence-electron chi connectivity index (χ2n) is 2.63. The van der Waals surface area contributed by atoms with Crippen molar-refractivity contribution >= 4 is 23.2 Å². The average Bonchev–Trinajstić information content (AvgIpc) is 2.15. The van der Waals surface area contributed by atoms with Crippen molar-refractivity contribution in [2.24, 2.45) is 0 Å². The summed E-state index contributed by atoms with van der Waals surface area (Å²) in [5.74, 6) is 0. The fourth-order valence-corrected chi connectivity index (χ4v) is 1.27. The molecule has 0 fully saturated rings. The van der Waals surface area contributed by atoms with E-state index in [0.717, 1.165) is 5.56 Å². The summed E-state index contributed by atoms with van der Waals surface area (Å²) in [7, 11) is 1.63. The lowest BCUT2D eigenvalue weighted by Crippen LogP contribution is -2.02. The Balaban J connectivity index is 2.42. The summed E-state index contributed by atoms with van der Waals surface area (Å²) in [6.45, 7) is 1.53. The maximum Gasteiger partial charge on any atom is 0.136 e. The van der Waals surface area contributed by atoms with Crippen LogP contribution >= 0.6 is 23.2 Å². The van der Waals surface area contributed by atoms with Crippen molar-refractivity contribution < 1.29 is 9.47 Å². The van der Waals surface area contributed by atoms with Crippen LogP contribution in [0.5, 0.6) is 0 Å². The number of halogens is 2. The van der Waals surface area contributed by atoms with Gasteiger partial charge in [0, 0.05) is 12.7 Å². The first kappa shape index (κ1) is 11.7. The molecule has 0 unspecified atom stereocenters. The van der Waals surface area contributed by atoms with Gasteiger partial charge in [0.05, 0.1) is 19.8 Å². The van der Waals surface area contributed by atoms with Crippen LogP contribution in [0.3, 0.4) is 0 Å². The molecule has 0 aliphatic heterocycles. The minimum absolute atomic E-state index is 0.384. The van der Waals surface area contributed by atoms with Crippen LogP contribution in [0, 0.1) is 0 Å². The van der Waals surface area contributed by atoms with E-state index in [0.29, 0.717) is 30.1 Å². The van der Waals surface area contributed by atoms with Crippen molar-refractivity contribution in [1.29, 1.82) is 0 Å². The zero-order chi connectivity index (χ0) is 10.4. The second-order valence-corrected chi connectivity index (χ2v) is 3.37. The van der Waals surface area contributed by atoms with Crippen molar-refractivity contribution in [1.82, 2.24) is 4.98 Å². The van der Waals surface area contributed by atoms with Crippen LogP contribution in [-0.4, -0.2) is 25.3 Å². The number of pyridine rings is 1. The Hall–Kier alpha value is -0.350. The molecule has 0 aliphatic rings. The first-order chi connectivity index (χ1) is 6.74. The lowest BCUT2D eigenvalue weighted by molar-refractivity contribution is 0.0616. The van der Waals surface area contributed by atoms with Crippen LogP contribution in [0.1, 0.15) is 5.56 Å². The van der Waals surface area contributed by atoms with Crippen LogP contribution in [0.15, 0.2) is 12.1 Å². The maximum absolute atomic E-state index is 5.84. The van der Waals surface area contributed by atoms with E-state index < -0.39 is 0 Å². The smallest absolute Gasteiger partial charge is 0.136 e. The van der Waals surface area contributed by atoms with E-state index in [9.17, 15) is 0 Å². The Morgan fingerprint density at radius 2 is 2.07 bits per heavy atom. The molecule has 1 aromatic heterocycles. The predicted molar refractivity (Wildman–Crippen MR) is 55.8 cm³/mol.